The van der Waals surface area contributed by atoms with E-state index in [4.69, 9.17) is 4.74 Å². The molecular weight excluding hydrogens is 255 g/mol. The molecule has 0 aliphatic heterocycles. The van der Waals surface area contributed by atoms with Gasteiger partial charge in [0.05, 0.1) is 7.11 Å². The van der Waals surface area contributed by atoms with E-state index in [1.54, 1.807) is 18.2 Å². The minimum atomic E-state index is -0.295. The van der Waals surface area contributed by atoms with Crippen molar-refractivity contribution in [3.8, 4) is 5.75 Å². The lowest BCUT2D eigenvalue weighted by molar-refractivity contribution is 0.383. The van der Waals surface area contributed by atoms with Gasteiger partial charge in [-0.05, 0) is 43.1 Å². The molecule has 0 aliphatic rings. The summed E-state index contributed by atoms with van der Waals surface area (Å²) in [4.78, 5) is 4.19. The molecule has 0 saturated carbocycles. The maximum Gasteiger partial charge on any atom is 0.168 e. The van der Waals surface area contributed by atoms with Crippen molar-refractivity contribution in [2.24, 2.45) is 0 Å². The van der Waals surface area contributed by atoms with Gasteiger partial charge in [-0.2, -0.15) is 0 Å². The van der Waals surface area contributed by atoms with Gasteiger partial charge in [0, 0.05) is 18.4 Å². The molecule has 0 aliphatic carbocycles. The van der Waals surface area contributed by atoms with Crippen molar-refractivity contribution in [2.75, 3.05) is 14.2 Å². The van der Waals surface area contributed by atoms with Crippen molar-refractivity contribution in [2.45, 2.75) is 19.4 Å². The van der Waals surface area contributed by atoms with Crippen molar-refractivity contribution in [1.29, 1.82) is 0 Å². The predicted octanol–water partition coefficient (Wildman–Crippen LogP) is 3.04. The van der Waals surface area contributed by atoms with E-state index in [0.29, 0.717) is 12.0 Å². The van der Waals surface area contributed by atoms with Crippen LogP contribution < -0.4 is 10.1 Å². The highest BCUT2D eigenvalue weighted by Crippen LogP contribution is 2.25. The molecule has 1 atom stereocenters. The van der Waals surface area contributed by atoms with E-state index in [1.807, 2.05) is 26.4 Å². The van der Waals surface area contributed by atoms with Gasteiger partial charge < -0.3 is 10.1 Å². The van der Waals surface area contributed by atoms with Crippen LogP contribution in [-0.4, -0.2) is 19.1 Å². The molecule has 0 amide bonds. The minimum absolute atomic E-state index is 0.0176. The summed E-state index contributed by atoms with van der Waals surface area (Å²) in [5, 5.41) is 3.21. The van der Waals surface area contributed by atoms with Crippen LogP contribution in [-0.2, 0) is 6.42 Å². The number of pyridine rings is 1. The molecule has 2 rings (SSSR count). The molecule has 1 aromatic heterocycles. The molecule has 0 spiro atoms. The highest BCUT2D eigenvalue weighted by atomic mass is 19.1. The average molecular weight is 274 g/mol. The molecule has 4 heteroatoms. The zero-order valence-corrected chi connectivity index (χ0v) is 12.0. The number of hydrogen-bond acceptors (Lipinski definition) is 3. The van der Waals surface area contributed by atoms with Crippen LogP contribution in [0.2, 0.25) is 0 Å². The molecule has 1 heterocycles. The van der Waals surface area contributed by atoms with E-state index in [-0.39, 0.29) is 17.6 Å². The monoisotopic (exact) mass is 274 g/mol. The van der Waals surface area contributed by atoms with Crippen LogP contribution in [0.5, 0.6) is 5.75 Å². The molecule has 1 unspecified atom stereocenters. The lowest BCUT2D eigenvalue weighted by Crippen LogP contribution is -2.19. The first-order chi connectivity index (χ1) is 9.65. The third kappa shape index (κ3) is 3.14. The smallest absolute Gasteiger partial charge is 0.168 e. The van der Waals surface area contributed by atoms with Gasteiger partial charge in [0.1, 0.15) is 0 Å². The Kier molecular flexibility index (Phi) is 4.69. The van der Waals surface area contributed by atoms with Crippen molar-refractivity contribution in [3.05, 3.63) is 59.2 Å². The molecule has 3 nitrogen and oxygen atoms in total. The van der Waals surface area contributed by atoms with Crippen LogP contribution in [0.1, 0.15) is 22.7 Å². The van der Waals surface area contributed by atoms with Gasteiger partial charge in [-0.25, -0.2) is 4.39 Å². The van der Waals surface area contributed by atoms with Crippen LogP contribution in [0.15, 0.2) is 36.7 Å². The molecule has 2 aromatic rings. The molecule has 1 aromatic carbocycles. The van der Waals surface area contributed by atoms with E-state index in [0.717, 1.165) is 11.1 Å². The fraction of sp³-hybridized carbons (Fsp3) is 0.312. The van der Waals surface area contributed by atoms with Crippen molar-refractivity contribution >= 4 is 0 Å². The predicted molar refractivity (Wildman–Crippen MR) is 77.4 cm³/mol. The summed E-state index contributed by atoms with van der Waals surface area (Å²) in [7, 11) is 3.34. The molecule has 1 N–H and O–H groups in total. The molecule has 20 heavy (non-hydrogen) atoms. The topological polar surface area (TPSA) is 34.1 Å². The molecule has 0 radical (unpaired) electrons. The van der Waals surface area contributed by atoms with Gasteiger partial charge in [-0.1, -0.05) is 18.2 Å². The van der Waals surface area contributed by atoms with E-state index in [1.165, 1.54) is 7.11 Å². The summed E-state index contributed by atoms with van der Waals surface area (Å²) in [6.07, 6.45) is 4.17. The number of likely N-dealkylation sites (N-methyl/N-ethyl adjacent to an activating group) is 1. The second-order valence-corrected chi connectivity index (χ2v) is 4.77. The lowest BCUT2D eigenvalue weighted by atomic mass is 9.99. The Balaban J connectivity index is 2.27. The second kappa shape index (κ2) is 6.48. The Morgan fingerprint density at radius 3 is 2.80 bits per heavy atom. The molecule has 106 valence electrons. The number of aryl methyl sites for hydroxylation is 1. The fourth-order valence-electron chi connectivity index (χ4n) is 2.25. The fourth-order valence-corrected chi connectivity index (χ4v) is 2.25. The van der Waals surface area contributed by atoms with Crippen LogP contribution in [0, 0.1) is 12.7 Å². The highest BCUT2D eigenvalue weighted by molar-refractivity contribution is 5.33. The molecule has 0 fully saturated rings. The molecular formula is C16H19FN2O. The van der Waals surface area contributed by atoms with E-state index < -0.39 is 0 Å². The number of nitrogens with zero attached hydrogens (tertiary/aromatic N) is 1. The van der Waals surface area contributed by atoms with Gasteiger partial charge in [0.25, 0.3) is 0 Å². The SMILES string of the molecule is CNC(Cc1cccc(OC)c1F)c1cncc(C)c1. The summed E-state index contributed by atoms with van der Waals surface area (Å²) in [5.74, 6) is -0.0180. The third-order valence-electron chi connectivity index (χ3n) is 3.33. The first-order valence-electron chi connectivity index (χ1n) is 6.56. The van der Waals surface area contributed by atoms with Crippen LogP contribution in [0.4, 0.5) is 4.39 Å². The van der Waals surface area contributed by atoms with E-state index in [9.17, 15) is 4.39 Å². The van der Waals surface area contributed by atoms with Crippen molar-refractivity contribution < 1.29 is 9.13 Å². The van der Waals surface area contributed by atoms with E-state index >= 15 is 0 Å². The maximum atomic E-state index is 14.2. The first kappa shape index (κ1) is 14.5. The summed E-state index contributed by atoms with van der Waals surface area (Å²) < 4.78 is 19.2. The summed E-state index contributed by atoms with van der Waals surface area (Å²) in [6.45, 7) is 2.00. The van der Waals surface area contributed by atoms with Crippen molar-refractivity contribution in [3.63, 3.8) is 0 Å². The van der Waals surface area contributed by atoms with Crippen LogP contribution >= 0.6 is 0 Å². The molecule has 0 saturated heterocycles. The average Bonchev–Trinajstić information content (AvgIpc) is 2.46. The Labute approximate surface area is 118 Å². The quantitative estimate of drug-likeness (QED) is 0.910. The second-order valence-electron chi connectivity index (χ2n) is 4.77. The van der Waals surface area contributed by atoms with Gasteiger partial charge in [-0.3, -0.25) is 4.98 Å². The van der Waals surface area contributed by atoms with Crippen molar-refractivity contribution in [1.82, 2.24) is 10.3 Å². The molecule has 0 bridgehead atoms. The highest BCUT2D eigenvalue weighted by Gasteiger charge is 2.15. The van der Waals surface area contributed by atoms with Gasteiger partial charge in [-0.15, -0.1) is 0 Å². The number of nitrogens with one attached hydrogen (secondary N) is 1. The Bertz CT molecular complexity index is 586. The Morgan fingerprint density at radius 1 is 1.35 bits per heavy atom. The standard InChI is InChI=1S/C16H19FN2O/c1-11-7-13(10-19-9-11)14(18-2)8-12-5-4-6-15(20-3)16(12)17/h4-7,9-10,14,18H,8H2,1-3H3. The number of benzene rings is 1. The number of ether oxygens (including phenoxy) is 1. The van der Waals surface area contributed by atoms with Gasteiger partial charge >= 0.3 is 0 Å². The lowest BCUT2D eigenvalue weighted by Gasteiger charge is -2.18. The van der Waals surface area contributed by atoms with Crippen LogP contribution in [0.25, 0.3) is 0 Å². The maximum absolute atomic E-state index is 14.2. The van der Waals surface area contributed by atoms with Gasteiger partial charge in [0.2, 0.25) is 0 Å². The van der Waals surface area contributed by atoms with Crippen LogP contribution in [0.3, 0.4) is 0 Å². The van der Waals surface area contributed by atoms with Gasteiger partial charge in [0.15, 0.2) is 11.6 Å². The van der Waals surface area contributed by atoms with E-state index in [2.05, 4.69) is 16.4 Å². The number of aromatic nitrogens is 1. The summed E-state index contributed by atoms with van der Waals surface area (Å²) in [5.41, 5.74) is 2.77. The first-order valence-corrected chi connectivity index (χ1v) is 6.56. The summed E-state index contributed by atoms with van der Waals surface area (Å²) >= 11 is 0. The normalized spacial score (nSPS) is 12.2. The largest absolute Gasteiger partial charge is 0.494 e. The zero-order chi connectivity index (χ0) is 14.5. The number of halogens is 1. The number of methoxy groups -OCH3 is 1. The number of hydrogen-bond donors (Lipinski definition) is 1. The Morgan fingerprint density at radius 2 is 2.15 bits per heavy atom. The Hall–Kier alpha value is -1.94. The minimum Gasteiger partial charge on any atom is -0.494 e. The third-order valence-corrected chi connectivity index (χ3v) is 3.33. The summed E-state index contributed by atoms with van der Waals surface area (Å²) in [6, 6.07) is 7.29. The zero-order valence-electron chi connectivity index (χ0n) is 12.0. The number of rotatable bonds is 5.